The standard InChI is InChI=1S/C46H44O6P2/c1-7-47-35-29-37(53(31-21-13-9-14-22-31)32-23-15-10-16-24-32)39(43-41(35)49-45(3,4)51-43)40-38(30-36(48-8-2)42-44(40)52-46(5,6)50-42)54(33-25-17-11-18-26-33)34-27-19-12-20-28-34/h9-30H,7-8H2,1-6H3. The van der Waals surface area contributed by atoms with Crippen LogP contribution in [-0.4, -0.2) is 24.8 Å². The molecule has 54 heavy (non-hydrogen) atoms. The number of fused-ring (bicyclic) bond motifs is 2. The van der Waals surface area contributed by atoms with Crippen molar-refractivity contribution in [3.05, 3.63) is 133 Å². The van der Waals surface area contributed by atoms with Crippen molar-refractivity contribution in [1.82, 2.24) is 0 Å². The van der Waals surface area contributed by atoms with E-state index < -0.39 is 27.4 Å². The molecule has 0 amide bonds. The molecule has 0 aliphatic carbocycles. The maximum atomic E-state index is 6.95. The Labute approximate surface area is 320 Å². The summed E-state index contributed by atoms with van der Waals surface area (Å²) in [7, 11) is -2.35. The average Bonchev–Trinajstić information content (AvgIpc) is 3.69. The van der Waals surface area contributed by atoms with Gasteiger partial charge in [-0.05, 0) is 63.0 Å². The fraction of sp³-hybridized carbons (Fsp3) is 0.217. The fourth-order valence-corrected chi connectivity index (χ4v) is 12.1. The SMILES string of the molecule is CCOc1cc(P(c2ccccc2)c2ccccc2)c(-c2c(P(c3ccccc3)c3ccccc3)cc(OCC)c3c2OC(C)(C)O3)c2c1OC(C)(C)O2. The summed E-state index contributed by atoms with van der Waals surface area (Å²) < 4.78 is 40.0. The number of hydrogen-bond acceptors (Lipinski definition) is 6. The van der Waals surface area contributed by atoms with Gasteiger partial charge in [-0.25, -0.2) is 0 Å². The van der Waals surface area contributed by atoms with Crippen LogP contribution in [0.3, 0.4) is 0 Å². The highest BCUT2D eigenvalue weighted by Crippen LogP contribution is 2.60. The van der Waals surface area contributed by atoms with Crippen LogP contribution in [0.2, 0.25) is 0 Å². The molecule has 2 heterocycles. The second kappa shape index (κ2) is 14.7. The highest BCUT2D eigenvalue weighted by molar-refractivity contribution is 7.80. The van der Waals surface area contributed by atoms with Crippen molar-refractivity contribution in [2.24, 2.45) is 0 Å². The van der Waals surface area contributed by atoms with Gasteiger partial charge in [0.2, 0.25) is 23.1 Å². The molecule has 6 aromatic rings. The Kier molecular flexibility index (Phi) is 9.77. The minimum absolute atomic E-state index is 0.464. The molecular formula is C46H44O6P2. The summed E-state index contributed by atoms with van der Waals surface area (Å²) in [4.78, 5) is 0. The van der Waals surface area contributed by atoms with Crippen LogP contribution in [0.1, 0.15) is 41.5 Å². The third-order valence-corrected chi connectivity index (χ3v) is 14.1. The van der Waals surface area contributed by atoms with E-state index in [4.69, 9.17) is 28.4 Å². The van der Waals surface area contributed by atoms with Gasteiger partial charge in [0.1, 0.15) is 0 Å². The molecule has 2 aliphatic rings. The van der Waals surface area contributed by atoms with Gasteiger partial charge >= 0.3 is 0 Å². The van der Waals surface area contributed by atoms with Gasteiger partial charge in [-0.2, -0.15) is 0 Å². The molecule has 0 fully saturated rings. The number of hydrogen-bond donors (Lipinski definition) is 0. The van der Waals surface area contributed by atoms with Crippen molar-refractivity contribution in [2.45, 2.75) is 53.1 Å². The van der Waals surface area contributed by atoms with Crippen molar-refractivity contribution in [1.29, 1.82) is 0 Å². The minimum Gasteiger partial charge on any atom is -0.490 e. The third kappa shape index (κ3) is 6.79. The van der Waals surface area contributed by atoms with E-state index in [2.05, 4.69) is 133 Å². The van der Waals surface area contributed by atoms with Gasteiger partial charge in [-0.1, -0.05) is 121 Å². The number of benzene rings is 6. The minimum atomic E-state index is -1.18. The van der Waals surface area contributed by atoms with E-state index in [1.165, 1.54) is 21.2 Å². The lowest BCUT2D eigenvalue weighted by Gasteiger charge is -2.29. The Bertz CT molecular complexity index is 2020. The van der Waals surface area contributed by atoms with Crippen LogP contribution in [0.25, 0.3) is 11.1 Å². The molecule has 2 aliphatic heterocycles. The van der Waals surface area contributed by atoms with Crippen LogP contribution in [0.5, 0.6) is 34.5 Å². The molecule has 0 aromatic heterocycles. The molecule has 0 bridgehead atoms. The summed E-state index contributed by atoms with van der Waals surface area (Å²) in [6, 6.07) is 47.2. The summed E-state index contributed by atoms with van der Waals surface area (Å²) in [5.74, 6) is 1.77. The molecule has 6 aromatic carbocycles. The lowest BCUT2D eigenvalue weighted by Crippen LogP contribution is -2.31. The Morgan fingerprint density at radius 3 is 0.981 bits per heavy atom. The first-order valence-corrected chi connectivity index (χ1v) is 21.1. The van der Waals surface area contributed by atoms with E-state index >= 15 is 0 Å². The van der Waals surface area contributed by atoms with E-state index in [0.717, 1.165) is 21.7 Å². The van der Waals surface area contributed by atoms with Crippen LogP contribution in [-0.2, 0) is 0 Å². The lowest BCUT2D eigenvalue weighted by molar-refractivity contribution is -0.0450. The summed E-state index contributed by atoms with van der Waals surface area (Å²) in [5.41, 5.74) is 1.79. The average molecular weight is 755 g/mol. The smallest absolute Gasteiger partial charge is 0.246 e. The molecule has 0 unspecified atom stereocenters. The van der Waals surface area contributed by atoms with Crippen LogP contribution < -0.4 is 60.2 Å². The van der Waals surface area contributed by atoms with E-state index in [9.17, 15) is 0 Å². The number of rotatable bonds is 11. The van der Waals surface area contributed by atoms with Gasteiger partial charge in [-0.3, -0.25) is 0 Å². The third-order valence-electron chi connectivity index (χ3n) is 9.14. The Balaban J connectivity index is 1.56. The molecule has 0 spiro atoms. The zero-order valence-electron chi connectivity index (χ0n) is 31.5. The monoisotopic (exact) mass is 754 g/mol. The lowest BCUT2D eigenvalue weighted by atomic mass is 10.0. The van der Waals surface area contributed by atoms with E-state index in [-0.39, 0.29) is 0 Å². The second-order valence-electron chi connectivity index (χ2n) is 13.9. The van der Waals surface area contributed by atoms with Crippen molar-refractivity contribution in [3.63, 3.8) is 0 Å². The summed E-state index contributed by atoms with van der Waals surface area (Å²) in [6.45, 7) is 12.7. The topological polar surface area (TPSA) is 55.4 Å². The molecule has 0 saturated heterocycles. The Morgan fingerprint density at radius 2 is 0.704 bits per heavy atom. The molecule has 274 valence electrons. The largest absolute Gasteiger partial charge is 0.490 e. The van der Waals surface area contributed by atoms with Crippen LogP contribution in [0, 0.1) is 0 Å². The normalized spacial score (nSPS) is 14.7. The molecule has 0 atom stereocenters. The fourth-order valence-electron chi connectivity index (χ4n) is 7.14. The maximum absolute atomic E-state index is 6.95. The van der Waals surface area contributed by atoms with Crippen molar-refractivity contribution in [3.8, 4) is 45.6 Å². The van der Waals surface area contributed by atoms with Crippen molar-refractivity contribution >= 4 is 47.7 Å². The van der Waals surface area contributed by atoms with Crippen molar-refractivity contribution in [2.75, 3.05) is 13.2 Å². The highest BCUT2D eigenvalue weighted by Gasteiger charge is 2.45. The molecule has 8 heteroatoms. The Hall–Kier alpha value is -5.02. The van der Waals surface area contributed by atoms with Gasteiger partial charge in [0.05, 0.1) is 13.2 Å². The molecular weight excluding hydrogens is 710 g/mol. The predicted molar refractivity (Wildman–Crippen MR) is 222 cm³/mol. The van der Waals surface area contributed by atoms with Crippen LogP contribution in [0.4, 0.5) is 0 Å². The van der Waals surface area contributed by atoms with E-state index in [0.29, 0.717) is 47.7 Å². The Morgan fingerprint density at radius 1 is 0.426 bits per heavy atom. The van der Waals surface area contributed by atoms with Gasteiger partial charge in [0, 0.05) is 49.4 Å². The predicted octanol–water partition coefficient (Wildman–Crippen LogP) is 8.68. The zero-order chi connectivity index (χ0) is 37.5. The molecule has 0 radical (unpaired) electrons. The summed E-state index contributed by atoms with van der Waals surface area (Å²) >= 11 is 0. The summed E-state index contributed by atoms with van der Waals surface area (Å²) in [6.07, 6.45) is 0. The summed E-state index contributed by atoms with van der Waals surface area (Å²) in [5, 5.41) is 6.88. The second-order valence-corrected chi connectivity index (χ2v) is 18.3. The number of ether oxygens (including phenoxy) is 6. The zero-order valence-corrected chi connectivity index (χ0v) is 33.2. The van der Waals surface area contributed by atoms with E-state index in [1.54, 1.807) is 0 Å². The molecule has 8 rings (SSSR count). The van der Waals surface area contributed by atoms with Crippen LogP contribution in [0.15, 0.2) is 133 Å². The van der Waals surface area contributed by atoms with Crippen LogP contribution >= 0.6 is 15.8 Å². The van der Waals surface area contributed by atoms with E-state index in [1.807, 2.05) is 41.5 Å². The highest BCUT2D eigenvalue weighted by atomic mass is 31.1. The van der Waals surface area contributed by atoms with Gasteiger partial charge in [0.25, 0.3) is 0 Å². The van der Waals surface area contributed by atoms with Crippen molar-refractivity contribution < 1.29 is 28.4 Å². The quantitative estimate of drug-likeness (QED) is 0.124. The first kappa shape index (κ1) is 36.0. The molecule has 0 N–H and O–H groups in total. The molecule has 0 saturated carbocycles. The van der Waals surface area contributed by atoms with Gasteiger partial charge in [0.15, 0.2) is 23.0 Å². The van der Waals surface area contributed by atoms with Gasteiger partial charge in [-0.15, -0.1) is 0 Å². The first-order valence-electron chi connectivity index (χ1n) is 18.4. The first-order chi connectivity index (χ1) is 26.2. The maximum Gasteiger partial charge on any atom is 0.246 e. The van der Waals surface area contributed by atoms with Gasteiger partial charge < -0.3 is 28.4 Å². The molecule has 6 nitrogen and oxygen atoms in total.